The molecule has 18 heavy (non-hydrogen) atoms. The molecule has 0 aromatic carbocycles. The largest absolute Gasteiger partial charge is 0.357 e. The summed E-state index contributed by atoms with van der Waals surface area (Å²) in [7, 11) is 0. The van der Waals surface area contributed by atoms with E-state index >= 15 is 0 Å². The fourth-order valence-corrected chi connectivity index (χ4v) is 2.05. The smallest absolute Gasteiger partial charge is 0.128 e. The third-order valence-corrected chi connectivity index (χ3v) is 3.27. The molecule has 0 saturated heterocycles. The van der Waals surface area contributed by atoms with E-state index in [4.69, 9.17) is 0 Å². The van der Waals surface area contributed by atoms with E-state index in [1.54, 1.807) is 0 Å². The average Bonchev–Trinajstić information content (AvgIpc) is 2.40. The minimum Gasteiger partial charge on any atom is -0.357 e. The molecule has 1 rings (SSSR count). The Morgan fingerprint density at radius 2 is 2.06 bits per heavy atom. The first kappa shape index (κ1) is 15.0. The lowest BCUT2D eigenvalue weighted by atomic mass is 10.1. The Labute approximate surface area is 112 Å². The summed E-state index contributed by atoms with van der Waals surface area (Å²) >= 11 is 0. The van der Waals surface area contributed by atoms with Crippen molar-refractivity contribution in [1.82, 2.24) is 10.3 Å². The third-order valence-electron chi connectivity index (χ3n) is 3.27. The van der Waals surface area contributed by atoms with E-state index < -0.39 is 0 Å². The standard InChI is InChI=1S/C15H27N3/c1-5-8-11-18(7-3)15-10-9-14(12-17-15)13(4)16-6-2/h9-10,12-13,16H,5-8,11H2,1-4H3. The summed E-state index contributed by atoms with van der Waals surface area (Å²) in [6, 6.07) is 4.70. The molecule has 3 heteroatoms. The topological polar surface area (TPSA) is 28.2 Å². The molecule has 1 aromatic rings. The number of nitrogens with one attached hydrogen (secondary N) is 1. The Kier molecular flexibility index (Phi) is 6.73. The van der Waals surface area contributed by atoms with Crippen LogP contribution in [0.15, 0.2) is 18.3 Å². The second-order valence-electron chi connectivity index (χ2n) is 4.66. The third kappa shape index (κ3) is 4.30. The van der Waals surface area contributed by atoms with Crippen molar-refractivity contribution in [2.75, 3.05) is 24.5 Å². The molecule has 1 atom stereocenters. The van der Waals surface area contributed by atoms with E-state index in [-0.39, 0.29) is 0 Å². The van der Waals surface area contributed by atoms with Gasteiger partial charge in [0.1, 0.15) is 5.82 Å². The van der Waals surface area contributed by atoms with Crippen molar-refractivity contribution in [3.05, 3.63) is 23.9 Å². The molecular formula is C15H27N3. The molecule has 0 aliphatic rings. The van der Waals surface area contributed by atoms with Gasteiger partial charge in [0.25, 0.3) is 0 Å². The van der Waals surface area contributed by atoms with Crippen LogP contribution >= 0.6 is 0 Å². The number of aromatic nitrogens is 1. The first-order valence-electron chi connectivity index (χ1n) is 7.17. The van der Waals surface area contributed by atoms with E-state index in [1.807, 2.05) is 6.20 Å². The van der Waals surface area contributed by atoms with Crippen LogP contribution < -0.4 is 10.2 Å². The maximum atomic E-state index is 4.59. The quantitative estimate of drug-likeness (QED) is 0.765. The van der Waals surface area contributed by atoms with Crippen molar-refractivity contribution in [3.8, 4) is 0 Å². The molecule has 1 unspecified atom stereocenters. The fraction of sp³-hybridized carbons (Fsp3) is 0.667. The van der Waals surface area contributed by atoms with Crippen molar-refractivity contribution in [1.29, 1.82) is 0 Å². The first-order valence-corrected chi connectivity index (χ1v) is 7.17. The summed E-state index contributed by atoms with van der Waals surface area (Å²) in [5.41, 5.74) is 1.26. The highest BCUT2D eigenvalue weighted by Crippen LogP contribution is 2.16. The number of anilines is 1. The lowest BCUT2D eigenvalue weighted by molar-refractivity contribution is 0.596. The Bertz CT molecular complexity index is 321. The zero-order valence-corrected chi connectivity index (χ0v) is 12.2. The maximum Gasteiger partial charge on any atom is 0.128 e. The van der Waals surface area contributed by atoms with Crippen LogP contribution in [0.5, 0.6) is 0 Å². The summed E-state index contributed by atoms with van der Waals surface area (Å²) in [6.45, 7) is 11.8. The maximum absolute atomic E-state index is 4.59. The van der Waals surface area contributed by atoms with Crippen molar-refractivity contribution in [2.45, 2.75) is 46.6 Å². The number of unbranched alkanes of at least 4 members (excludes halogenated alkanes) is 1. The van der Waals surface area contributed by atoms with Crippen molar-refractivity contribution in [3.63, 3.8) is 0 Å². The van der Waals surface area contributed by atoms with Gasteiger partial charge in [0.15, 0.2) is 0 Å². The Hall–Kier alpha value is -1.09. The van der Waals surface area contributed by atoms with Gasteiger partial charge in [-0.3, -0.25) is 0 Å². The Morgan fingerprint density at radius 3 is 2.56 bits per heavy atom. The molecule has 1 N–H and O–H groups in total. The summed E-state index contributed by atoms with van der Waals surface area (Å²) in [4.78, 5) is 6.93. The highest BCUT2D eigenvalue weighted by molar-refractivity contribution is 5.39. The van der Waals surface area contributed by atoms with E-state index in [9.17, 15) is 0 Å². The summed E-state index contributed by atoms with van der Waals surface area (Å²) in [6.07, 6.45) is 4.45. The van der Waals surface area contributed by atoms with Crippen LogP contribution in [-0.2, 0) is 0 Å². The second-order valence-corrected chi connectivity index (χ2v) is 4.66. The molecule has 102 valence electrons. The summed E-state index contributed by atoms with van der Waals surface area (Å²) in [5, 5.41) is 3.41. The van der Waals surface area contributed by atoms with Crippen LogP contribution in [0.3, 0.4) is 0 Å². The molecule has 1 heterocycles. The minimum absolute atomic E-state index is 0.377. The van der Waals surface area contributed by atoms with Gasteiger partial charge in [-0.15, -0.1) is 0 Å². The van der Waals surface area contributed by atoms with Crippen molar-refractivity contribution >= 4 is 5.82 Å². The van der Waals surface area contributed by atoms with Gasteiger partial charge in [0.2, 0.25) is 0 Å². The number of hydrogen-bond acceptors (Lipinski definition) is 3. The lowest BCUT2D eigenvalue weighted by Gasteiger charge is -2.22. The molecule has 3 nitrogen and oxygen atoms in total. The normalized spacial score (nSPS) is 12.4. The SMILES string of the molecule is CCCCN(CC)c1ccc(C(C)NCC)cn1. The van der Waals surface area contributed by atoms with Crippen LogP contribution in [0.25, 0.3) is 0 Å². The number of nitrogens with zero attached hydrogens (tertiary/aromatic N) is 2. The van der Waals surface area contributed by atoms with E-state index in [2.05, 4.69) is 55.0 Å². The van der Waals surface area contributed by atoms with Gasteiger partial charge in [-0.05, 0) is 38.4 Å². The van der Waals surface area contributed by atoms with Crippen LogP contribution in [0, 0.1) is 0 Å². The van der Waals surface area contributed by atoms with Gasteiger partial charge < -0.3 is 10.2 Å². The molecule has 1 aromatic heterocycles. The molecule has 0 aliphatic carbocycles. The van der Waals surface area contributed by atoms with Crippen molar-refractivity contribution in [2.24, 2.45) is 0 Å². The monoisotopic (exact) mass is 249 g/mol. The van der Waals surface area contributed by atoms with Crippen LogP contribution in [0.4, 0.5) is 5.82 Å². The first-order chi connectivity index (χ1) is 8.72. The molecule has 0 radical (unpaired) electrons. The van der Waals surface area contributed by atoms with Crippen LogP contribution in [0.2, 0.25) is 0 Å². The highest BCUT2D eigenvalue weighted by atomic mass is 15.2. The van der Waals surface area contributed by atoms with Gasteiger partial charge in [-0.2, -0.15) is 0 Å². The Morgan fingerprint density at radius 1 is 1.28 bits per heavy atom. The fourth-order valence-electron chi connectivity index (χ4n) is 2.05. The van der Waals surface area contributed by atoms with E-state index in [0.29, 0.717) is 6.04 Å². The highest BCUT2D eigenvalue weighted by Gasteiger charge is 2.07. The van der Waals surface area contributed by atoms with E-state index in [1.165, 1.54) is 18.4 Å². The summed E-state index contributed by atoms with van der Waals surface area (Å²) in [5.74, 6) is 1.10. The Balaban J connectivity index is 2.68. The molecule has 0 aliphatic heterocycles. The number of rotatable bonds is 8. The number of hydrogen-bond donors (Lipinski definition) is 1. The van der Waals surface area contributed by atoms with Gasteiger partial charge in [-0.25, -0.2) is 4.98 Å². The summed E-state index contributed by atoms with van der Waals surface area (Å²) < 4.78 is 0. The average molecular weight is 249 g/mol. The van der Waals surface area contributed by atoms with Gasteiger partial charge >= 0.3 is 0 Å². The minimum atomic E-state index is 0.377. The predicted molar refractivity (Wildman–Crippen MR) is 79.1 cm³/mol. The van der Waals surface area contributed by atoms with Gasteiger partial charge in [0.05, 0.1) is 0 Å². The zero-order valence-electron chi connectivity index (χ0n) is 12.2. The zero-order chi connectivity index (χ0) is 13.4. The molecule has 0 bridgehead atoms. The molecule has 0 amide bonds. The van der Waals surface area contributed by atoms with Gasteiger partial charge in [-0.1, -0.05) is 26.3 Å². The lowest BCUT2D eigenvalue weighted by Crippen LogP contribution is -2.25. The molecule has 0 fully saturated rings. The van der Waals surface area contributed by atoms with Crippen molar-refractivity contribution < 1.29 is 0 Å². The molecule has 0 saturated carbocycles. The molecular weight excluding hydrogens is 222 g/mol. The van der Waals surface area contributed by atoms with Crippen LogP contribution in [-0.4, -0.2) is 24.6 Å². The second kappa shape index (κ2) is 8.09. The van der Waals surface area contributed by atoms with Crippen LogP contribution in [0.1, 0.15) is 52.1 Å². The molecule has 0 spiro atoms. The van der Waals surface area contributed by atoms with E-state index in [0.717, 1.165) is 25.5 Å². The van der Waals surface area contributed by atoms with Gasteiger partial charge in [0, 0.05) is 25.3 Å². The number of pyridine rings is 1. The predicted octanol–water partition coefficient (Wildman–Crippen LogP) is 3.38.